The van der Waals surface area contributed by atoms with E-state index >= 15 is 0 Å². The summed E-state index contributed by atoms with van der Waals surface area (Å²) in [6.07, 6.45) is 4.66. The first kappa shape index (κ1) is 11.1. The van der Waals surface area contributed by atoms with Crippen molar-refractivity contribution in [2.75, 3.05) is 6.54 Å². The molecular weight excluding hydrogens is 232 g/mol. The standard InChI is InChI=1S/C14H17ClN2/c1-9-12(15)4-3-10-11(7-17(2)13(9)10)14(8-16)5-6-14/h3-4,7H,5-6,8,16H2,1-2H3. The van der Waals surface area contributed by atoms with Crippen molar-refractivity contribution in [2.24, 2.45) is 12.8 Å². The summed E-state index contributed by atoms with van der Waals surface area (Å²) < 4.78 is 2.18. The Hall–Kier alpha value is -0.990. The number of hydrogen-bond donors (Lipinski definition) is 1. The molecule has 0 amide bonds. The van der Waals surface area contributed by atoms with Gasteiger partial charge in [-0.25, -0.2) is 0 Å². The van der Waals surface area contributed by atoms with Gasteiger partial charge in [0.25, 0.3) is 0 Å². The molecule has 0 saturated heterocycles. The number of fused-ring (bicyclic) bond motifs is 1. The summed E-state index contributed by atoms with van der Waals surface area (Å²) in [5, 5.41) is 2.15. The maximum absolute atomic E-state index is 6.19. The van der Waals surface area contributed by atoms with Gasteiger partial charge in [-0.2, -0.15) is 0 Å². The van der Waals surface area contributed by atoms with E-state index < -0.39 is 0 Å². The number of nitrogens with zero attached hydrogens (tertiary/aromatic N) is 1. The van der Waals surface area contributed by atoms with E-state index in [9.17, 15) is 0 Å². The Morgan fingerprint density at radius 1 is 1.41 bits per heavy atom. The number of nitrogens with two attached hydrogens (primary N) is 1. The molecule has 2 N–H and O–H groups in total. The molecule has 0 spiro atoms. The number of benzene rings is 1. The fourth-order valence-electron chi connectivity index (χ4n) is 2.83. The molecule has 1 aromatic heterocycles. The van der Waals surface area contributed by atoms with E-state index in [-0.39, 0.29) is 5.41 Å². The number of rotatable bonds is 2. The van der Waals surface area contributed by atoms with Crippen LogP contribution < -0.4 is 5.73 Å². The largest absolute Gasteiger partial charge is 0.350 e. The molecule has 0 unspecified atom stereocenters. The van der Waals surface area contributed by atoms with Crippen molar-refractivity contribution in [3.8, 4) is 0 Å². The number of aromatic nitrogens is 1. The molecule has 1 aromatic carbocycles. The van der Waals surface area contributed by atoms with Crippen LogP contribution in [-0.4, -0.2) is 11.1 Å². The zero-order chi connectivity index (χ0) is 12.2. The third-order valence-electron chi connectivity index (χ3n) is 4.15. The highest BCUT2D eigenvalue weighted by atomic mass is 35.5. The Kier molecular flexibility index (Phi) is 2.29. The van der Waals surface area contributed by atoms with Crippen molar-refractivity contribution in [2.45, 2.75) is 25.2 Å². The molecule has 2 nitrogen and oxygen atoms in total. The molecule has 1 aliphatic rings. The molecule has 0 radical (unpaired) electrons. The highest BCUT2D eigenvalue weighted by Gasteiger charge is 2.44. The Bertz CT molecular complexity index is 594. The molecular formula is C14H17ClN2. The zero-order valence-corrected chi connectivity index (χ0v) is 11.0. The van der Waals surface area contributed by atoms with Crippen LogP contribution in [0.15, 0.2) is 18.3 Å². The summed E-state index contributed by atoms with van der Waals surface area (Å²) >= 11 is 6.19. The lowest BCUT2D eigenvalue weighted by Gasteiger charge is -2.11. The molecule has 0 bridgehead atoms. The van der Waals surface area contributed by atoms with Crippen LogP contribution in [0.25, 0.3) is 10.9 Å². The molecule has 1 fully saturated rings. The van der Waals surface area contributed by atoms with Crippen LogP contribution in [0.5, 0.6) is 0 Å². The summed E-state index contributed by atoms with van der Waals surface area (Å²) in [7, 11) is 2.09. The van der Waals surface area contributed by atoms with Crippen molar-refractivity contribution in [1.82, 2.24) is 4.57 Å². The van der Waals surface area contributed by atoms with Gasteiger partial charge in [0.1, 0.15) is 0 Å². The molecule has 3 heteroatoms. The highest BCUT2D eigenvalue weighted by Crippen LogP contribution is 2.50. The van der Waals surface area contributed by atoms with E-state index in [2.05, 4.69) is 30.8 Å². The van der Waals surface area contributed by atoms with Gasteiger partial charge < -0.3 is 10.3 Å². The average molecular weight is 249 g/mol. The van der Waals surface area contributed by atoms with Gasteiger partial charge >= 0.3 is 0 Å². The summed E-state index contributed by atoms with van der Waals surface area (Å²) in [6, 6.07) is 4.13. The lowest BCUT2D eigenvalue weighted by molar-refractivity contribution is 0.706. The molecule has 1 aliphatic carbocycles. The van der Waals surface area contributed by atoms with E-state index in [1.54, 1.807) is 0 Å². The molecule has 1 saturated carbocycles. The van der Waals surface area contributed by atoms with E-state index in [0.717, 1.165) is 17.1 Å². The smallest absolute Gasteiger partial charge is 0.0525 e. The lowest BCUT2D eigenvalue weighted by Crippen LogP contribution is -2.19. The maximum Gasteiger partial charge on any atom is 0.0525 e. The second kappa shape index (κ2) is 3.50. The van der Waals surface area contributed by atoms with Crippen molar-refractivity contribution < 1.29 is 0 Å². The van der Waals surface area contributed by atoms with Crippen molar-refractivity contribution in [3.05, 3.63) is 34.5 Å². The average Bonchev–Trinajstić information content (AvgIpc) is 3.04. The maximum atomic E-state index is 6.19. The minimum atomic E-state index is 0.236. The highest BCUT2D eigenvalue weighted by molar-refractivity contribution is 6.32. The first-order valence-electron chi connectivity index (χ1n) is 6.04. The van der Waals surface area contributed by atoms with Crippen LogP contribution in [0.4, 0.5) is 0 Å². The van der Waals surface area contributed by atoms with Gasteiger partial charge in [0.05, 0.1) is 5.52 Å². The van der Waals surface area contributed by atoms with E-state index in [4.69, 9.17) is 17.3 Å². The van der Waals surface area contributed by atoms with Crippen LogP contribution in [0.1, 0.15) is 24.0 Å². The van der Waals surface area contributed by atoms with Gasteiger partial charge in [0, 0.05) is 35.6 Å². The van der Waals surface area contributed by atoms with Crippen LogP contribution in [0.3, 0.4) is 0 Å². The van der Waals surface area contributed by atoms with E-state index in [1.165, 1.54) is 29.3 Å². The fraction of sp³-hybridized carbons (Fsp3) is 0.429. The predicted molar refractivity (Wildman–Crippen MR) is 72.6 cm³/mol. The summed E-state index contributed by atoms with van der Waals surface area (Å²) in [5.74, 6) is 0. The van der Waals surface area contributed by atoms with Crippen LogP contribution in [0.2, 0.25) is 5.02 Å². The Morgan fingerprint density at radius 2 is 2.12 bits per heavy atom. The van der Waals surface area contributed by atoms with Crippen molar-refractivity contribution in [1.29, 1.82) is 0 Å². The first-order valence-corrected chi connectivity index (χ1v) is 6.41. The zero-order valence-electron chi connectivity index (χ0n) is 10.3. The second-order valence-electron chi connectivity index (χ2n) is 5.21. The molecule has 0 atom stereocenters. The molecule has 2 aromatic rings. The van der Waals surface area contributed by atoms with Crippen LogP contribution in [0, 0.1) is 6.92 Å². The topological polar surface area (TPSA) is 30.9 Å². The van der Waals surface area contributed by atoms with Gasteiger partial charge in [-0.05, 0) is 37.0 Å². The molecule has 3 rings (SSSR count). The number of halogens is 1. The summed E-state index contributed by atoms with van der Waals surface area (Å²) in [4.78, 5) is 0. The minimum Gasteiger partial charge on any atom is -0.350 e. The predicted octanol–water partition coefficient (Wildman–Crippen LogP) is 3.13. The van der Waals surface area contributed by atoms with Gasteiger partial charge in [-0.1, -0.05) is 17.7 Å². The Morgan fingerprint density at radius 3 is 2.71 bits per heavy atom. The first-order chi connectivity index (χ1) is 8.09. The minimum absolute atomic E-state index is 0.236. The Balaban J connectivity index is 2.33. The lowest BCUT2D eigenvalue weighted by atomic mass is 9.95. The number of aryl methyl sites for hydroxylation is 2. The molecule has 0 aliphatic heterocycles. The van der Waals surface area contributed by atoms with Crippen molar-refractivity contribution >= 4 is 22.5 Å². The second-order valence-corrected chi connectivity index (χ2v) is 5.61. The SMILES string of the molecule is Cc1c(Cl)ccc2c(C3(CN)CC3)cn(C)c12. The third-order valence-corrected chi connectivity index (χ3v) is 4.56. The quantitative estimate of drug-likeness (QED) is 0.870. The van der Waals surface area contributed by atoms with Gasteiger partial charge in [0.2, 0.25) is 0 Å². The van der Waals surface area contributed by atoms with Crippen LogP contribution in [-0.2, 0) is 12.5 Å². The molecule has 1 heterocycles. The fourth-order valence-corrected chi connectivity index (χ4v) is 2.98. The van der Waals surface area contributed by atoms with Gasteiger partial charge in [-0.3, -0.25) is 0 Å². The number of hydrogen-bond acceptors (Lipinski definition) is 1. The molecule has 17 heavy (non-hydrogen) atoms. The Labute approximate surface area is 106 Å². The van der Waals surface area contributed by atoms with E-state index in [0.29, 0.717) is 0 Å². The van der Waals surface area contributed by atoms with Crippen LogP contribution >= 0.6 is 11.6 Å². The summed E-state index contributed by atoms with van der Waals surface area (Å²) in [6.45, 7) is 2.82. The monoisotopic (exact) mass is 248 g/mol. The normalized spacial score (nSPS) is 17.6. The van der Waals surface area contributed by atoms with Gasteiger partial charge in [-0.15, -0.1) is 0 Å². The van der Waals surface area contributed by atoms with Gasteiger partial charge in [0.15, 0.2) is 0 Å². The molecule has 90 valence electrons. The summed E-state index contributed by atoms with van der Waals surface area (Å²) in [5.41, 5.74) is 9.97. The third kappa shape index (κ3) is 1.44. The van der Waals surface area contributed by atoms with E-state index in [1.807, 2.05) is 6.07 Å². The van der Waals surface area contributed by atoms with Crippen molar-refractivity contribution in [3.63, 3.8) is 0 Å².